The van der Waals surface area contributed by atoms with Crippen molar-refractivity contribution in [2.75, 3.05) is 26.7 Å². The summed E-state index contributed by atoms with van der Waals surface area (Å²) in [6, 6.07) is 15.0. The SMILES string of the molecule is COc1ccc2cc(S(=O)(=O)N[C@@H]3CCN(CCCc4noc5cc(F)ccc45)C3)ccc2c1. The Morgan fingerprint density at radius 3 is 2.82 bits per heavy atom. The molecule has 5 rings (SSSR count). The van der Waals surface area contributed by atoms with Crippen molar-refractivity contribution in [3.05, 3.63) is 66.1 Å². The number of sulfonamides is 1. The second-order valence-corrected chi connectivity index (χ2v) is 10.4. The molecule has 0 spiro atoms. The molecule has 1 aliphatic heterocycles. The van der Waals surface area contributed by atoms with Crippen LogP contribution in [0.2, 0.25) is 0 Å². The number of aromatic nitrogens is 1. The standard InChI is InChI=1S/C25H26FN3O4S/c1-32-21-7-4-18-14-22(8-5-17(18)13-21)34(30,31)28-20-10-12-29(16-20)11-2-3-24-23-9-6-19(26)15-25(23)33-27-24/h4-9,13-15,20,28H,2-3,10-12,16H2,1H3/t20-/m1/s1. The molecule has 1 aliphatic rings. The summed E-state index contributed by atoms with van der Waals surface area (Å²) in [5.74, 6) is 0.391. The van der Waals surface area contributed by atoms with Crippen molar-refractivity contribution in [2.45, 2.75) is 30.2 Å². The first-order valence-corrected chi connectivity index (χ1v) is 12.8. The Bertz CT molecular complexity index is 1440. The van der Waals surface area contributed by atoms with E-state index < -0.39 is 10.0 Å². The first-order valence-electron chi connectivity index (χ1n) is 11.3. The second-order valence-electron chi connectivity index (χ2n) is 8.66. The molecule has 9 heteroatoms. The Morgan fingerprint density at radius 2 is 1.97 bits per heavy atom. The van der Waals surface area contributed by atoms with Gasteiger partial charge in [-0.25, -0.2) is 17.5 Å². The predicted octanol–water partition coefficient (Wildman–Crippen LogP) is 4.11. The number of hydrogen-bond acceptors (Lipinski definition) is 6. The van der Waals surface area contributed by atoms with Gasteiger partial charge in [-0.2, -0.15) is 0 Å². The lowest BCUT2D eigenvalue weighted by Gasteiger charge is -2.16. The zero-order chi connectivity index (χ0) is 23.7. The average Bonchev–Trinajstić information content (AvgIpc) is 3.44. The van der Waals surface area contributed by atoms with Crippen LogP contribution < -0.4 is 9.46 Å². The van der Waals surface area contributed by atoms with Crippen LogP contribution in [0, 0.1) is 5.82 Å². The second kappa shape index (κ2) is 9.32. The summed E-state index contributed by atoms with van der Waals surface area (Å²) in [5.41, 5.74) is 1.28. The lowest BCUT2D eigenvalue weighted by atomic mass is 10.1. The van der Waals surface area contributed by atoms with Gasteiger partial charge in [-0.05, 0) is 79.5 Å². The Kier molecular flexibility index (Phi) is 6.24. The molecule has 0 aliphatic carbocycles. The molecular formula is C25H26FN3O4S. The van der Waals surface area contributed by atoms with Crippen LogP contribution in [-0.4, -0.2) is 51.3 Å². The molecule has 3 aromatic carbocycles. The van der Waals surface area contributed by atoms with Crippen LogP contribution >= 0.6 is 0 Å². The molecule has 0 saturated carbocycles. The van der Waals surface area contributed by atoms with E-state index in [2.05, 4.69) is 14.8 Å². The van der Waals surface area contributed by atoms with Gasteiger partial charge in [-0.1, -0.05) is 17.3 Å². The molecule has 0 bridgehead atoms. The molecule has 4 aromatic rings. The van der Waals surface area contributed by atoms with Crippen molar-refractivity contribution in [3.8, 4) is 5.75 Å². The third kappa shape index (κ3) is 4.77. The Morgan fingerprint density at radius 1 is 1.15 bits per heavy atom. The van der Waals surface area contributed by atoms with Crippen LogP contribution in [0.1, 0.15) is 18.5 Å². The Hall–Kier alpha value is -3.01. The molecule has 0 radical (unpaired) electrons. The molecule has 0 amide bonds. The van der Waals surface area contributed by atoms with Crippen molar-refractivity contribution < 1.29 is 22.1 Å². The Labute approximate surface area is 197 Å². The fourth-order valence-corrected chi connectivity index (χ4v) is 5.83. The summed E-state index contributed by atoms with van der Waals surface area (Å²) in [5, 5.41) is 6.68. The van der Waals surface area contributed by atoms with Crippen molar-refractivity contribution >= 4 is 31.8 Å². The first kappa shape index (κ1) is 22.8. The van der Waals surface area contributed by atoms with Crippen molar-refractivity contribution in [3.63, 3.8) is 0 Å². The minimum absolute atomic E-state index is 0.132. The van der Waals surface area contributed by atoms with E-state index in [9.17, 15) is 12.8 Å². The summed E-state index contributed by atoms with van der Waals surface area (Å²) in [6.45, 7) is 2.32. The highest BCUT2D eigenvalue weighted by Crippen LogP contribution is 2.25. The van der Waals surface area contributed by atoms with Gasteiger partial charge in [0.05, 0.1) is 17.7 Å². The van der Waals surface area contributed by atoms with E-state index in [1.54, 1.807) is 31.4 Å². The van der Waals surface area contributed by atoms with Crippen LogP contribution in [0.4, 0.5) is 4.39 Å². The zero-order valence-electron chi connectivity index (χ0n) is 18.8. The van der Waals surface area contributed by atoms with Crippen molar-refractivity contribution in [1.82, 2.24) is 14.8 Å². The van der Waals surface area contributed by atoms with Gasteiger partial charge in [0.2, 0.25) is 10.0 Å². The molecule has 1 atom stereocenters. The summed E-state index contributed by atoms with van der Waals surface area (Å²) >= 11 is 0. The van der Waals surface area contributed by atoms with Crippen molar-refractivity contribution in [2.24, 2.45) is 0 Å². The van der Waals surface area contributed by atoms with E-state index in [1.807, 2.05) is 18.2 Å². The first-order chi connectivity index (χ1) is 16.4. The largest absolute Gasteiger partial charge is 0.497 e. The quantitative estimate of drug-likeness (QED) is 0.406. The van der Waals surface area contributed by atoms with Gasteiger partial charge in [-0.3, -0.25) is 0 Å². The maximum atomic E-state index is 13.3. The van der Waals surface area contributed by atoms with Gasteiger partial charge in [0, 0.05) is 24.0 Å². The minimum atomic E-state index is -3.62. The Balaban J connectivity index is 1.16. The number of halogens is 1. The molecule has 2 heterocycles. The van der Waals surface area contributed by atoms with Crippen LogP contribution in [0.5, 0.6) is 5.75 Å². The van der Waals surface area contributed by atoms with Gasteiger partial charge < -0.3 is 14.2 Å². The number of methoxy groups -OCH3 is 1. The number of hydrogen-bond donors (Lipinski definition) is 1. The maximum Gasteiger partial charge on any atom is 0.240 e. The molecule has 7 nitrogen and oxygen atoms in total. The number of likely N-dealkylation sites (tertiary alicyclic amines) is 1. The summed E-state index contributed by atoms with van der Waals surface area (Å²) in [4.78, 5) is 2.51. The maximum absolute atomic E-state index is 13.3. The van der Waals surface area contributed by atoms with E-state index in [-0.39, 0.29) is 16.8 Å². The van der Waals surface area contributed by atoms with Crippen LogP contribution in [0.3, 0.4) is 0 Å². The molecule has 0 unspecified atom stereocenters. The third-order valence-corrected chi connectivity index (χ3v) is 7.84. The van der Waals surface area contributed by atoms with Crippen LogP contribution in [0.25, 0.3) is 21.7 Å². The number of benzene rings is 3. The van der Waals surface area contributed by atoms with Crippen LogP contribution in [0.15, 0.2) is 64.0 Å². The van der Waals surface area contributed by atoms with Gasteiger partial charge in [0.1, 0.15) is 11.6 Å². The fourth-order valence-electron chi connectivity index (χ4n) is 4.53. The molecule has 1 fully saturated rings. The van der Waals surface area contributed by atoms with Gasteiger partial charge in [0.15, 0.2) is 5.58 Å². The lowest BCUT2D eigenvalue weighted by molar-refractivity contribution is 0.326. The highest BCUT2D eigenvalue weighted by atomic mass is 32.2. The predicted molar refractivity (Wildman–Crippen MR) is 128 cm³/mol. The van der Waals surface area contributed by atoms with Crippen molar-refractivity contribution in [1.29, 1.82) is 0 Å². The van der Waals surface area contributed by atoms with E-state index in [4.69, 9.17) is 9.26 Å². The zero-order valence-corrected chi connectivity index (χ0v) is 19.6. The summed E-state index contributed by atoms with van der Waals surface area (Å²) < 4.78 is 52.6. The smallest absolute Gasteiger partial charge is 0.240 e. The number of aryl methyl sites for hydroxylation is 1. The lowest BCUT2D eigenvalue weighted by Crippen LogP contribution is -2.37. The minimum Gasteiger partial charge on any atom is -0.497 e. The van der Waals surface area contributed by atoms with Gasteiger partial charge in [-0.15, -0.1) is 0 Å². The number of ether oxygens (including phenoxy) is 1. The normalized spacial score (nSPS) is 17.1. The number of nitrogens with zero attached hydrogens (tertiary/aromatic N) is 2. The molecule has 178 valence electrons. The monoisotopic (exact) mass is 483 g/mol. The highest BCUT2D eigenvalue weighted by Gasteiger charge is 2.27. The van der Waals surface area contributed by atoms with E-state index >= 15 is 0 Å². The van der Waals surface area contributed by atoms with Gasteiger partial charge >= 0.3 is 0 Å². The molecule has 34 heavy (non-hydrogen) atoms. The van der Waals surface area contributed by atoms with Gasteiger partial charge in [0.25, 0.3) is 0 Å². The fraction of sp³-hybridized carbons (Fsp3) is 0.320. The third-order valence-electron chi connectivity index (χ3n) is 6.32. The summed E-state index contributed by atoms with van der Waals surface area (Å²) in [6.07, 6.45) is 2.33. The molecular weight excluding hydrogens is 457 g/mol. The van der Waals surface area contributed by atoms with Crippen LogP contribution in [-0.2, 0) is 16.4 Å². The molecule has 1 N–H and O–H groups in total. The summed E-state index contributed by atoms with van der Waals surface area (Å²) in [7, 11) is -2.01. The van der Waals surface area contributed by atoms with E-state index in [0.29, 0.717) is 18.5 Å². The number of nitrogens with one attached hydrogen (secondary N) is 1. The molecule has 1 aromatic heterocycles. The topological polar surface area (TPSA) is 84.7 Å². The number of fused-ring (bicyclic) bond motifs is 2. The van der Waals surface area contributed by atoms with E-state index in [1.165, 1.54) is 12.1 Å². The highest BCUT2D eigenvalue weighted by molar-refractivity contribution is 7.89. The average molecular weight is 484 g/mol. The number of rotatable bonds is 8. The van der Waals surface area contributed by atoms with E-state index in [0.717, 1.165) is 53.5 Å². The molecule has 1 saturated heterocycles.